The molecule has 0 radical (unpaired) electrons. The Hall–Kier alpha value is -0.0800. The van der Waals surface area contributed by atoms with E-state index in [1.807, 2.05) is 0 Å². The van der Waals surface area contributed by atoms with E-state index >= 15 is 0 Å². The lowest BCUT2D eigenvalue weighted by molar-refractivity contribution is 0.388. The number of hydrogen-bond donors (Lipinski definition) is 1. The van der Waals surface area contributed by atoms with Crippen LogP contribution in [0.2, 0.25) is 0 Å². The molecule has 3 fully saturated rings. The summed E-state index contributed by atoms with van der Waals surface area (Å²) in [5, 5.41) is 3.79. The molecule has 1 atom stereocenters. The van der Waals surface area contributed by atoms with Crippen LogP contribution in [0.4, 0.5) is 0 Å². The lowest BCUT2D eigenvalue weighted by Crippen LogP contribution is -2.38. The SMILES string of the molecule is CN1CC(NCC2CC2)C2(CC2)C1. The smallest absolute Gasteiger partial charge is 0.0263 e. The maximum atomic E-state index is 3.79. The third-order valence-electron chi connectivity index (χ3n) is 4.06. The fourth-order valence-electron chi connectivity index (χ4n) is 2.80. The second-order valence-electron chi connectivity index (χ2n) is 5.46. The molecule has 0 aromatic heterocycles. The van der Waals surface area contributed by atoms with Gasteiger partial charge in [0.05, 0.1) is 0 Å². The molecule has 2 heteroatoms. The predicted octanol–water partition coefficient (Wildman–Crippen LogP) is 1.08. The highest BCUT2D eigenvalue weighted by Gasteiger charge is 2.53. The zero-order chi connectivity index (χ0) is 8.89. The third kappa shape index (κ3) is 1.50. The molecule has 74 valence electrons. The Kier molecular flexibility index (Phi) is 1.72. The van der Waals surface area contributed by atoms with Crippen molar-refractivity contribution in [3.63, 3.8) is 0 Å². The Morgan fingerprint density at radius 1 is 1.38 bits per heavy atom. The van der Waals surface area contributed by atoms with Gasteiger partial charge in [-0.1, -0.05) is 0 Å². The molecular weight excluding hydrogens is 160 g/mol. The molecule has 0 bridgehead atoms. The first-order valence-corrected chi connectivity index (χ1v) is 5.70. The molecule has 0 amide bonds. The van der Waals surface area contributed by atoms with E-state index in [1.54, 1.807) is 0 Å². The number of nitrogens with zero attached hydrogens (tertiary/aromatic N) is 1. The lowest BCUT2D eigenvalue weighted by Gasteiger charge is -2.18. The minimum atomic E-state index is 0.712. The molecular formula is C11H20N2. The van der Waals surface area contributed by atoms with Crippen molar-refractivity contribution in [3.05, 3.63) is 0 Å². The molecule has 0 aromatic rings. The van der Waals surface area contributed by atoms with Gasteiger partial charge in [0, 0.05) is 19.1 Å². The van der Waals surface area contributed by atoms with Crippen LogP contribution in [0.25, 0.3) is 0 Å². The molecule has 0 aromatic carbocycles. The van der Waals surface area contributed by atoms with Crippen molar-refractivity contribution < 1.29 is 0 Å². The van der Waals surface area contributed by atoms with Crippen molar-refractivity contribution in [1.29, 1.82) is 0 Å². The van der Waals surface area contributed by atoms with Gasteiger partial charge in [-0.15, -0.1) is 0 Å². The van der Waals surface area contributed by atoms with Gasteiger partial charge >= 0.3 is 0 Å². The van der Waals surface area contributed by atoms with Crippen LogP contribution in [0, 0.1) is 11.3 Å². The minimum absolute atomic E-state index is 0.712. The molecule has 13 heavy (non-hydrogen) atoms. The molecule has 1 aliphatic heterocycles. The molecule has 1 unspecified atom stereocenters. The zero-order valence-electron chi connectivity index (χ0n) is 8.55. The number of rotatable bonds is 3. The maximum Gasteiger partial charge on any atom is 0.0263 e. The molecule has 1 spiro atoms. The number of likely N-dealkylation sites (tertiary alicyclic amines) is 1. The van der Waals surface area contributed by atoms with Crippen LogP contribution in [0.5, 0.6) is 0 Å². The zero-order valence-corrected chi connectivity index (χ0v) is 8.55. The second-order valence-corrected chi connectivity index (χ2v) is 5.46. The monoisotopic (exact) mass is 180 g/mol. The van der Waals surface area contributed by atoms with Crippen molar-refractivity contribution in [2.75, 3.05) is 26.7 Å². The van der Waals surface area contributed by atoms with E-state index in [2.05, 4.69) is 17.3 Å². The van der Waals surface area contributed by atoms with Gasteiger partial charge in [0.15, 0.2) is 0 Å². The summed E-state index contributed by atoms with van der Waals surface area (Å²) in [4.78, 5) is 2.50. The lowest BCUT2D eigenvalue weighted by atomic mass is 10.0. The molecule has 1 heterocycles. The first-order valence-electron chi connectivity index (χ1n) is 5.70. The van der Waals surface area contributed by atoms with Crippen LogP contribution >= 0.6 is 0 Å². The van der Waals surface area contributed by atoms with E-state index in [0.29, 0.717) is 5.41 Å². The highest BCUT2D eigenvalue weighted by molar-refractivity contribution is 5.09. The van der Waals surface area contributed by atoms with Crippen LogP contribution in [-0.2, 0) is 0 Å². The van der Waals surface area contributed by atoms with Crippen molar-refractivity contribution in [2.24, 2.45) is 11.3 Å². The first kappa shape index (κ1) is 8.25. The normalized spacial score (nSPS) is 37.2. The molecule has 1 saturated heterocycles. The molecule has 1 N–H and O–H groups in total. The summed E-state index contributed by atoms with van der Waals surface area (Å²) in [6.07, 6.45) is 5.89. The number of likely N-dealkylation sites (N-methyl/N-ethyl adjacent to an activating group) is 1. The van der Waals surface area contributed by atoms with Crippen molar-refractivity contribution >= 4 is 0 Å². The van der Waals surface area contributed by atoms with Gasteiger partial charge in [0.2, 0.25) is 0 Å². The third-order valence-corrected chi connectivity index (χ3v) is 4.06. The molecule has 2 nitrogen and oxygen atoms in total. The summed E-state index contributed by atoms with van der Waals surface area (Å²) in [6.45, 7) is 3.92. The fraction of sp³-hybridized carbons (Fsp3) is 1.00. The Balaban J connectivity index is 1.56. The fourth-order valence-corrected chi connectivity index (χ4v) is 2.80. The topological polar surface area (TPSA) is 15.3 Å². The summed E-state index contributed by atoms with van der Waals surface area (Å²) >= 11 is 0. The van der Waals surface area contributed by atoms with Crippen molar-refractivity contribution in [3.8, 4) is 0 Å². The summed E-state index contributed by atoms with van der Waals surface area (Å²) in [6, 6.07) is 0.818. The Morgan fingerprint density at radius 3 is 2.77 bits per heavy atom. The predicted molar refractivity (Wildman–Crippen MR) is 53.7 cm³/mol. The summed E-state index contributed by atoms with van der Waals surface area (Å²) in [5.74, 6) is 1.03. The highest BCUT2D eigenvalue weighted by atomic mass is 15.2. The Labute approximate surface area is 80.7 Å². The highest BCUT2D eigenvalue weighted by Crippen LogP contribution is 2.52. The largest absolute Gasteiger partial charge is 0.312 e. The van der Waals surface area contributed by atoms with Crippen LogP contribution in [0.15, 0.2) is 0 Å². The second kappa shape index (κ2) is 2.71. The summed E-state index contributed by atoms with van der Waals surface area (Å²) < 4.78 is 0. The Bertz CT molecular complexity index is 206. The van der Waals surface area contributed by atoms with Crippen LogP contribution in [-0.4, -0.2) is 37.6 Å². The van der Waals surface area contributed by atoms with Crippen LogP contribution in [0.3, 0.4) is 0 Å². The summed E-state index contributed by atoms with van der Waals surface area (Å²) in [7, 11) is 2.26. The number of nitrogens with one attached hydrogen (secondary N) is 1. The van der Waals surface area contributed by atoms with Gasteiger partial charge < -0.3 is 10.2 Å². The average molecular weight is 180 g/mol. The van der Waals surface area contributed by atoms with Gasteiger partial charge in [0.25, 0.3) is 0 Å². The van der Waals surface area contributed by atoms with Gasteiger partial charge in [-0.2, -0.15) is 0 Å². The molecule has 3 rings (SSSR count). The van der Waals surface area contributed by atoms with E-state index in [4.69, 9.17) is 0 Å². The van der Waals surface area contributed by atoms with Gasteiger partial charge in [0.1, 0.15) is 0 Å². The Morgan fingerprint density at radius 2 is 2.15 bits per heavy atom. The average Bonchev–Trinajstić information content (AvgIpc) is 2.92. The molecule has 2 saturated carbocycles. The number of hydrogen-bond acceptors (Lipinski definition) is 2. The van der Waals surface area contributed by atoms with Crippen molar-refractivity contribution in [2.45, 2.75) is 31.7 Å². The van der Waals surface area contributed by atoms with Gasteiger partial charge in [-0.3, -0.25) is 0 Å². The standard InChI is InChI=1S/C11H20N2/c1-13-7-10(11(8-13)4-5-11)12-6-9-2-3-9/h9-10,12H,2-8H2,1H3. The quantitative estimate of drug-likeness (QED) is 0.699. The van der Waals surface area contributed by atoms with E-state index < -0.39 is 0 Å². The van der Waals surface area contributed by atoms with E-state index in [0.717, 1.165) is 12.0 Å². The van der Waals surface area contributed by atoms with Crippen LogP contribution in [0.1, 0.15) is 25.7 Å². The van der Waals surface area contributed by atoms with E-state index in [9.17, 15) is 0 Å². The minimum Gasteiger partial charge on any atom is -0.312 e. The summed E-state index contributed by atoms with van der Waals surface area (Å²) in [5.41, 5.74) is 0.712. The van der Waals surface area contributed by atoms with Crippen LogP contribution < -0.4 is 5.32 Å². The van der Waals surface area contributed by atoms with Gasteiger partial charge in [-0.05, 0) is 50.6 Å². The van der Waals surface area contributed by atoms with E-state index in [-0.39, 0.29) is 0 Å². The first-order chi connectivity index (χ1) is 6.28. The van der Waals surface area contributed by atoms with E-state index in [1.165, 1.54) is 45.3 Å². The maximum absolute atomic E-state index is 3.79. The molecule has 3 aliphatic rings. The van der Waals surface area contributed by atoms with Crippen molar-refractivity contribution in [1.82, 2.24) is 10.2 Å². The molecule has 2 aliphatic carbocycles. The van der Waals surface area contributed by atoms with Gasteiger partial charge in [-0.25, -0.2) is 0 Å².